The van der Waals surface area contributed by atoms with Crippen molar-refractivity contribution in [1.82, 2.24) is 9.88 Å². The molecule has 2 aliphatic rings. The summed E-state index contributed by atoms with van der Waals surface area (Å²) in [7, 11) is 0. The lowest BCUT2D eigenvalue weighted by molar-refractivity contribution is -0.0257. The number of ether oxygens (including phenoxy) is 3. The molecule has 2 saturated heterocycles. The highest BCUT2D eigenvalue weighted by Gasteiger charge is 2.36. The molecule has 2 aliphatic heterocycles. The van der Waals surface area contributed by atoms with Crippen LogP contribution in [0.1, 0.15) is 36.8 Å². The molecule has 0 unspecified atom stereocenters. The molecule has 0 atom stereocenters. The van der Waals surface area contributed by atoms with Crippen molar-refractivity contribution in [3.63, 3.8) is 0 Å². The van der Waals surface area contributed by atoms with E-state index in [1.54, 1.807) is 20.8 Å². The minimum Gasteiger partial charge on any atom is -0.477 e. The minimum atomic E-state index is -1.19. The molecule has 0 bridgehead atoms. The molecule has 1 amide bonds. The van der Waals surface area contributed by atoms with Crippen molar-refractivity contribution in [3.8, 4) is 11.1 Å². The molecule has 11 nitrogen and oxygen atoms in total. The number of pyridine rings is 1. The molecule has 11 heteroatoms. The normalized spacial score (nSPS) is 15.5. The van der Waals surface area contributed by atoms with E-state index in [0.29, 0.717) is 35.6 Å². The topological polar surface area (TPSA) is 137 Å². The van der Waals surface area contributed by atoms with Gasteiger partial charge in [-0.1, -0.05) is 30.3 Å². The Morgan fingerprint density at radius 1 is 1.05 bits per heavy atom. The number of nitrogens with one attached hydrogen (secondary N) is 2. The number of rotatable bonds is 7. The predicted molar refractivity (Wildman–Crippen MR) is 159 cm³/mol. The van der Waals surface area contributed by atoms with E-state index in [1.807, 2.05) is 54.6 Å². The van der Waals surface area contributed by atoms with Gasteiger partial charge in [0.05, 0.1) is 31.9 Å². The van der Waals surface area contributed by atoms with Gasteiger partial charge in [-0.15, -0.1) is 0 Å². The fraction of sp³-hybridized carbons (Fsp3) is 0.355. The Bertz CT molecular complexity index is 1440. The Balaban J connectivity index is 1.47. The van der Waals surface area contributed by atoms with Gasteiger partial charge in [-0.25, -0.2) is 14.6 Å². The number of hydrogen-bond donors (Lipinski definition) is 3. The van der Waals surface area contributed by atoms with Crippen molar-refractivity contribution in [1.29, 1.82) is 5.41 Å². The number of nitrogens with zero attached hydrogens (tertiary/aromatic N) is 3. The third-order valence-corrected chi connectivity index (χ3v) is 6.84. The molecule has 0 aliphatic carbocycles. The molecular formula is C31H35N5O6. The summed E-state index contributed by atoms with van der Waals surface area (Å²) in [5, 5.41) is 22.1. The first kappa shape index (κ1) is 28.9. The summed E-state index contributed by atoms with van der Waals surface area (Å²) < 4.78 is 16.9. The second kappa shape index (κ2) is 12.1. The number of carboxylic acids is 1. The fourth-order valence-electron chi connectivity index (χ4n) is 4.75. The summed E-state index contributed by atoms with van der Waals surface area (Å²) in [6.07, 6.45) is -0.862. The zero-order chi connectivity index (χ0) is 29.9. The van der Waals surface area contributed by atoms with Gasteiger partial charge in [-0.3, -0.25) is 5.41 Å². The Kier molecular flexibility index (Phi) is 8.30. The van der Waals surface area contributed by atoms with Gasteiger partial charge in [0.1, 0.15) is 17.5 Å². The summed E-state index contributed by atoms with van der Waals surface area (Å²) in [6, 6.07) is 18.4. The van der Waals surface area contributed by atoms with Crippen LogP contribution in [0.5, 0.6) is 0 Å². The number of hydrogen-bond acceptors (Lipinski definition) is 9. The second-order valence-corrected chi connectivity index (χ2v) is 11.2. The number of aromatic nitrogens is 1. The van der Waals surface area contributed by atoms with Crippen LogP contribution in [0.25, 0.3) is 11.1 Å². The average Bonchev–Trinajstić information content (AvgIpc) is 2.94. The van der Waals surface area contributed by atoms with Gasteiger partial charge in [-0.05, 0) is 56.7 Å². The number of benzene rings is 2. The summed E-state index contributed by atoms with van der Waals surface area (Å²) in [6.45, 7) is 8.84. The fourth-order valence-corrected chi connectivity index (χ4v) is 4.75. The minimum absolute atomic E-state index is 0.169. The van der Waals surface area contributed by atoms with Crippen molar-refractivity contribution in [3.05, 3.63) is 71.9 Å². The highest BCUT2D eigenvalue weighted by Crippen LogP contribution is 2.34. The van der Waals surface area contributed by atoms with E-state index in [-0.39, 0.29) is 30.5 Å². The highest BCUT2D eigenvalue weighted by atomic mass is 16.6. The van der Waals surface area contributed by atoms with Gasteiger partial charge in [0, 0.05) is 30.0 Å². The highest BCUT2D eigenvalue weighted by molar-refractivity contribution is 6.05. The average molecular weight is 574 g/mol. The summed E-state index contributed by atoms with van der Waals surface area (Å²) >= 11 is 0. The maximum atomic E-state index is 12.4. The van der Waals surface area contributed by atoms with Crippen molar-refractivity contribution >= 4 is 35.2 Å². The lowest BCUT2D eigenvalue weighted by Gasteiger charge is -2.39. The molecule has 0 radical (unpaired) electrons. The van der Waals surface area contributed by atoms with Crippen molar-refractivity contribution < 1.29 is 28.9 Å². The number of carbonyl (C=O) groups is 2. The SMILES string of the molecule is CC(C)(C)OC(=O)N1CC(OC(=N)c2c(-c3ccc(N4CCOCC4)cc3)cc(C(=O)O)nc2Nc2ccccc2)C1. The maximum absolute atomic E-state index is 12.4. The van der Waals surface area contributed by atoms with Gasteiger partial charge in [0.25, 0.3) is 0 Å². The molecule has 0 spiro atoms. The standard InChI is InChI=1S/C31H35N5O6/c1-31(2,3)42-30(39)36-18-23(19-36)41-27(32)26-24(20-9-11-22(12-10-20)35-13-15-40-16-14-35)17-25(29(37)38)34-28(26)33-21-7-5-4-6-8-21/h4-12,17,23,32H,13-16,18-19H2,1-3H3,(H,33,34)(H,37,38). The Hall–Kier alpha value is -4.64. The maximum Gasteiger partial charge on any atom is 0.410 e. The van der Waals surface area contributed by atoms with Gasteiger partial charge >= 0.3 is 12.1 Å². The van der Waals surface area contributed by atoms with E-state index in [9.17, 15) is 14.7 Å². The number of carbonyl (C=O) groups excluding carboxylic acids is 1. The summed E-state index contributed by atoms with van der Waals surface area (Å²) in [5.41, 5.74) is 2.44. The first-order chi connectivity index (χ1) is 20.1. The first-order valence-corrected chi connectivity index (χ1v) is 13.8. The number of carboxylic acid groups (broad SMARTS) is 1. The molecule has 3 N–H and O–H groups in total. The number of amides is 1. The zero-order valence-corrected chi connectivity index (χ0v) is 23.9. The lowest BCUT2D eigenvalue weighted by atomic mass is 9.98. The Morgan fingerprint density at radius 3 is 2.33 bits per heavy atom. The largest absolute Gasteiger partial charge is 0.477 e. The molecule has 5 rings (SSSR count). The second-order valence-electron chi connectivity index (χ2n) is 11.2. The molecule has 3 heterocycles. The van der Waals surface area contributed by atoms with Gasteiger partial charge in [0.2, 0.25) is 5.90 Å². The third kappa shape index (κ3) is 6.80. The van der Waals surface area contributed by atoms with Crippen LogP contribution in [0.2, 0.25) is 0 Å². The van der Waals surface area contributed by atoms with E-state index in [2.05, 4.69) is 15.2 Å². The summed E-state index contributed by atoms with van der Waals surface area (Å²) in [4.78, 5) is 32.6. The quantitative estimate of drug-likeness (QED) is 0.264. The molecule has 0 saturated carbocycles. The number of likely N-dealkylation sites (tertiary alicyclic amines) is 1. The van der Waals surface area contributed by atoms with E-state index in [0.717, 1.165) is 18.8 Å². The molecule has 1 aromatic heterocycles. The number of para-hydroxylation sites is 1. The Labute approximate surface area is 244 Å². The lowest BCUT2D eigenvalue weighted by Crippen LogP contribution is -2.56. The van der Waals surface area contributed by atoms with Crippen LogP contribution in [0, 0.1) is 5.41 Å². The van der Waals surface area contributed by atoms with Gasteiger partial charge in [0.15, 0.2) is 5.69 Å². The zero-order valence-electron chi connectivity index (χ0n) is 23.9. The van der Waals surface area contributed by atoms with E-state index < -0.39 is 23.8 Å². The van der Waals surface area contributed by atoms with E-state index >= 15 is 0 Å². The number of morpholine rings is 1. The van der Waals surface area contributed by atoms with Crippen molar-refractivity contribution in [2.75, 3.05) is 49.6 Å². The van der Waals surface area contributed by atoms with E-state index in [4.69, 9.17) is 19.6 Å². The van der Waals surface area contributed by atoms with E-state index in [1.165, 1.54) is 11.0 Å². The Morgan fingerprint density at radius 2 is 1.71 bits per heavy atom. The third-order valence-electron chi connectivity index (χ3n) is 6.84. The van der Waals surface area contributed by atoms with Crippen LogP contribution in [0.4, 0.5) is 22.0 Å². The number of aromatic carboxylic acids is 1. The van der Waals surface area contributed by atoms with Crippen LogP contribution < -0.4 is 10.2 Å². The molecule has 2 aromatic carbocycles. The molecule has 42 heavy (non-hydrogen) atoms. The molecule has 2 fully saturated rings. The van der Waals surface area contributed by atoms with Crippen molar-refractivity contribution in [2.24, 2.45) is 0 Å². The van der Waals surface area contributed by atoms with Gasteiger partial charge in [-0.2, -0.15) is 0 Å². The van der Waals surface area contributed by atoms with Crippen LogP contribution in [-0.2, 0) is 14.2 Å². The smallest absolute Gasteiger partial charge is 0.410 e. The molecular weight excluding hydrogens is 538 g/mol. The van der Waals surface area contributed by atoms with Crippen LogP contribution in [0.15, 0.2) is 60.7 Å². The van der Waals surface area contributed by atoms with Crippen LogP contribution in [-0.4, -0.2) is 84.0 Å². The summed E-state index contributed by atoms with van der Waals surface area (Å²) in [5.74, 6) is -1.19. The monoisotopic (exact) mass is 573 g/mol. The molecule has 3 aromatic rings. The van der Waals surface area contributed by atoms with Crippen LogP contribution >= 0.6 is 0 Å². The first-order valence-electron chi connectivity index (χ1n) is 13.8. The number of anilines is 3. The van der Waals surface area contributed by atoms with Crippen LogP contribution in [0.3, 0.4) is 0 Å². The molecule has 220 valence electrons. The van der Waals surface area contributed by atoms with Gasteiger partial charge < -0.3 is 34.4 Å². The predicted octanol–water partition coefficient (Wildman–Crippen LogP) is 4.99. The van der Waals surface area contributed by atoms with Crippen molar-refractivity contribution in [2.45, 2.75) is 32.5 Å².